The number of hydrogen-bond donors (Lipinski definition) is 2. The first-order valence-electron chi connectivity index (χ1n) is 9.42. The van der Waals surface area contributed by atoms with Gasteiger partial charge in [-0.2, -0.15) is 4.39 Å². The summed E-state index contributed by atoms with van der Waals surface area (Å²) < 4.78 is 14.2. The fourth-order valence-electron chi connectivity index (χ4n) is 2.88. The van der Waals surface area contributed by atoms with Crippen LogP contribution in [0.25, 0.3) is 11.1 Å². The molecule has 0 aliphatic heterocycles. The Morgan fingerprint density at radius 3 is 2.59 bits per heavy atom. The minimum absolute atomic E-state index is 0.0102. The number of carbonyl (C=O) groups is 1. The maximum atomic E-state index is 14.2. The van der Waals surface area contributed by atoms with Crippen molar-refractivity contribution in [1.82, 2.24) is 5.01 Å². The lowest BCUT2D eigenvalue weighted by Crippen LogP contribution is -2.27. The number of hydrazine groups is 1. The zero-order chi connectivity index (χ0) is 21.4. The molecule has 0 radical (unpaired) electrons. The molecule has 2 aromatic rings. The Labute approximate surface area is 170 Å². The first-order valence-corrected chi connectivity index (χ1v) is 9.42. The largest absolute Gasteiger partial charge is 0.396 e. The number of oxime groups is 1. The normalized spacial score (nSPS) is 11.9. The highest BCUT2D eigenvalue weighted by molar-refractivity contribution is 6.06. The molecular formula is C22H27FN4O2. The predicted molar refractivity (Wildman–Crippen MR) is 115 cm³/mol. The molecule has 0 aliphatic rings. The molecule has 0 aliphatic carbocycles. The number of hydrogen-bond acceptors (Lipinski definition) is 5. The van der Waals surface area contributed by atoms with Crippen molar-refractivity contribution in [1.29, 1.82) is 0 Å². The van der Waals surface area contributed by atoms with E-state index in [1.807, 2.05) is 50.2 Å². The van der Waals surface area contributed by atoms with Crippen molar-refractivity contribution in [2.45, 2.75) is 27.2 Å². The SMILES string of the molecule is CCO/N=C/c1ccc(-c2ccccc2NC(=O)/C(CC)=C(\F)N(C)N)c(C)c1. The maximum absolute atomic E-state index is 14.2. The van der Waals surface area contributed by atoms with Gasteiger partial charge in [-0.25, -0.2) is 5.84 Å². The number of nitrogens with zero attached hydrogens (tertiary/aromatic N) is 2. The summed E-state index contributed by atoms with van der Waals surface area (Å²) in [5, 5.41) is 7.50. The lowest BCUT2D eigenvalue weighted by Gasteiger charge is -2.16. The van der Waals surface area contributed by atoms with Gasteiger partial charge in [-0.15, -0.1) is 0 Å². The van der Waals surface area contributed by atoms with E-state index < -0.39 is 11.9 Å². The molecule has 0 aromatic heterocycles. The van der Waals surface area contributed by atoms with Crippen LogP contribution in [0.5, 0.6) is 0 Å². The molecule has 0 saturated carbocycles. The summed E-state index contributed by atoms with van der Waals surface area (Å²) in [6.45, 7) is 6.06. The summed E-state index contributed by atoms with van der Waals surface area (Å²) in [6, 6.07) is 13.3. The molecule has 0 saturated heterocycles. The lowest BCUT2D eigenvalue weighted by molar-refractivity contribution is -0.113. The molecule has 0 unspecified atom stereocenters. The van der Waals surface area contributed by atoms with Crippen LogP contribution in [0.1, 0.15) is 31.4 Å². The van der Waals surface area contributed by atoms with Crippen molar-refractivity contribution in [3.63, 3.8) is 0 Å². The molecule has 3 N–H and O–H groups in total. The number of para-hydroxylation sites is 1. The number of nitrogens with two attached hydrogens (primary N) is 1. The van der Waals surface area contributed by atoms with Crippen molar-refractivity contribution in [2.24, 2.45) is 11.0 Å². The smallest absolute Gasteiger partial charge is 0.256 e. The molecule has 1 amide bonds. The molecule has 0 spiro atoms. The molecular weight excluding hydrogens is 371 g/mol. The van der Waals surface area contributed by atoms with Crippen LogP contribution < -0.4 is 11.2 Å². The van der Waals surface area contributed by atoms with Gasteiger partial charge >= 0.3 is 0 Å². The van der Waals surface area contributed by atoms with Crippen molar-refractivity contribution >= 4 is 17.8 Å². The third-order valence-electron chi connectivity index (χ3n) is 4.31. The Hall–Kier alpha value is -3.19. The molecule has 6 nitrogen and oxygen atoms in total. The second kappa shape index (κ2) is 10.4. The summed E-state index contributed by atoms with van der Waals surface area (Å²) >= 11 is 0. The van der Waals surface area contributed by atoms with E-state index in [4.69, 9.17) is 10.7 Å². The molecule has 0 atom stereocenters. The first-order chi connectivity index (χ1) is 13.9. The molecule has 0 heterocycles. The summed E-state index contributed by atoms with van der Waals surface area (Å²) in [6.07, 6.45) is 1.87. The highest BCUT2D eigenvalue weighted by Crippen LogP contribution is 2.31. The summed E-state index contributed by atoms with van der Waals surface area (Å²) in [5.41, 5.74) is 4.28. The Morgan fingerprint density at radius 1 is 1.24 bits per heavy atom. The van der Waals surface area contributed by atoms with Gasteiger partial charge in [0.25, 0.3) is 5.91 Å². The van der Waals surface area contributed by atoms with Crippen LogP contribution in [-0.4, -0.2) is 30.8 Å². The Kier molecular flexibility index (Phi) is 7.91. The van der Waals surface area contributed by atoms with Crippen molar-refractivity contribution < 1.29 is 14.0 Å². The van der Waals surface area contributed by atoms with Crippen molar-refractivity contribution in [3.8, 4) is 11.1 Å². The van der Waals surface area contributed by atoms with Gasteiger partial charge in [-0.3, -0.25) is 9.80 Å². The third kappa shape index (κ3) is 5.65. The van der Waals surface area contributed by atoms with Gasteiger partial charge in [0.15, 0.2) is 0 Å². The fraction of sp³-hybridized carbons (Fsp3) is 0.273. The summed E-state index contributed by atoms with van der Waals surface area (Å²) in [7, 11) is 1.35. The molecule has 29 heavy (non-hydrogen) atoms. The molecule has 7 heteroatoms. The first kappa shape index (κ1) is 22.1. The van der Waals surface area contributed by atoms with Gasteiger partial charge in [-0.1, -0.05) is 42.4 Å². The number of carbonyl (C=O) groups excluding carboxylic acids is 1. The van der Waals surface area contributed by atoms with Gasteiger partial charge in [0.1, 0.15) is 6.61 Å². The average Bonchev–Trinajstić information content (AvgIpc) is 2.69. The standard InChI is InChI=1S/C22H27FN4O2/c1-5-17(21(23)27(4)24)22(28)26-20-10-8-7-9-19(20)18-12-11-16(13-15(18)3)14-25-29-6-2/h7-14H,5-6,24H2,1-4H3,(H,26,28)/b21-17+,25-14+. The highest BCUT2D eigenvalue weighted by atomic mass is 19.1. The van der Waals surface area contributed by atoms with Crippen molar-refractivity contribution in [3.05, 3.63) is 65.1 Å². The van der Waals surface area contributed by atoms with E-state index in [0.29, 0.717) is 12.3 Å². The zero-order valence-electron chi connectivity index (χ0n) is 17.2. The van der Waals surface area contributed by atoms with Crippen LogP contribution in [0.2, 0.25) is 0 Å². The highest BCUT2D eigenvalue weighted by Gasteiger charge is 2.18. The van der Waals surface area contributed by atoms with E-state index in [-0.39, 0.29) is 12.0 Å². The fourth-order valence-corrected chi connectivity index (χ4v) is 2.88. The topological polar surface area (TPSA) is 80.0 Å². The maximum Gasteiger partial charge on any atom is 0.256 e. The van der Waals surface area contributed by atoms with E-state index in [1.54, 1.807) is 19.2 Å². The van der Waals surface area contributed by atoms with Crippen LogP contribution in [-0.2, 0) is 9.63 Å². The quantitative estimate of drug-likeness (QED) is 0.228. The van der Waals surface area contributed by atoms with Crippen LogP contribution in [0.3, 0.4) is 0 Å². The van der Waals surface area contributed by atoms with E-state index in [1.165, 1.54) is 7.05 Å². The van der Waals surface area contributed by atoms with Crippen LogP contribution in [0.15, 0.2) is 59.1 Å². The van der Waals surface area contributed by atoms with Crippen LogP contribution >= 0.6 is 0 Å². The van der Waals surface area contributed by atoms with E-state index in [9.17, 15) is 9.18 Å². The summed E-state index contributed by atoms with van der Waals surface area (Å²) in [4.78, 5) is 17.6. The van der Waals surface area contributed by atoms with Gasteiger partial charge in [0.05, 0.1) is 11.8 Å². The number of halogens is 1. The number of benzene rings is 2. The van der Waals surface area contributed by atoms with E-state index in [2.05, 4.69) is 10.5 Å². The molecule has 0 bridgehead atoms. The minimum atomic E-state index is -0.753. The number of rotatable bonds is 8. The molecule has 2 rings (SSSR count). The minimum Gasteiger partial charge on any atom is -0.396 e. The second-order valence-corrected chi connectivity index (χ2v) is 6.46. The summed E-state index contributed by atoms with van der Waals surface area (Å²) in [5.74, 6) is 4.17. The van der Waals surface area contributed by atoms with Gasteiger partial charge in [-0.05, 0) is 49.1 Å². The Balaban J connectivity index is 2.36. The Bertz CT molecular complexity index is 923. The number of aryl methyl sites for hydroxylation is 1. The third-order valence-corrected chi connectivity index (χ3v) is 4.31. The van der Waals surface area contributed by atoms with Gasteiger partial charge < -0.3 is 10.2 Å². The van der Waals surface area contributed by atoms with E-state index in [0.717, 1.165) is 27.3 Å². The molecule has 2 aromatic carbocycles. The number of anilines is 1. The van der Waals surface area contributed by atoms with Gasteiger partial charge in [0.2, 0.25) is 5.95 Å². The molecule has 0 fully saturated rings. The van der Waals surface area contributed by atoms with Crippen LogP contribution in [0, 0.1) is 6.92 Å². The average molecular weight is 398 g/mol. The van der Waals surface area contributed by atoms with Crippen molar-refractivity contribution in [2.75, 3.05) is 19.0 Å². The van der Waals surface area contributed by atoms with E-state index >= 15 is 0 Å². The number of amides is 1. The number of nitrogens with one attached hydrogen (secondary N) is 1. The zero-order valence-corrected chi connectivity index (χ0v) is 17.2. The Morgan fingerprint density at radius 2 is 1.97 bits per heavy atom. The lowest BCUT2D eigenvalue weighted by atomic mass is 9.97. The molecule has 154 valence electrons. The second-order valence-electron chi connectivity index (χ2n) is 6.46. The predicted octanol–water partition coefficient (Wildman–Crippen LogP) is 4.37. The van der Waals surface area contributed by atoms with Gasteiger partial charge in [0, 0.05) is 18.3 Å². The van der Waals surface area contributed by atoms with Crippen LogP contribution in [0.4, 0.5) is 10.1 Å². The monoisotopic (exact) mass is 398 g/mol.